The Morgan fingerprint density at radius 2 is 2.10 bits per heavy atom. The molecular formula is C16H25FN2O. The molecule has 1 fully saturated rings. The summed E-state index contributed by atoms with van der Waals surface area (Å²) in [6, 6.07) is 6.94. The van der Waals surface area contributed by atoms with Crippen LogP contribution in [0.4, 0.5) is 4.39 Å². The highest BCUT2D eigenvalue weighted by molar-refractivity contribution is 5.20. The van der Waals surface area contributed by atoms with Gasteiger partial charge in [-0.2, -0.15) is 0 Å². The molecule has 20 heavy (non-hydrogen) atoms. The first-order chi connectivity index (χ1) is 9.36. The zero-order chi connectivity index (χ0) is 14.8. The molecule has 0 bridgehead atoms. The number of nitrogens with two attached hydrogens (primary N) is 1. The van der Waals surface area contributed by atoms with Crippen molar-refractivity contribution in [2.24, 2.45) is 5.73 Å². The maximum Gasteiger partial charge on any atom is 0.126 e. The van der Waals surface area contributed by atoms with Crippen molar-refractivity contribution in [1.82, 2.24) is 4.90 Å². The number of ether oxygens (including phenoxy) is 1. The van der Waals surface area contributed by atoms with Crippen LogP contribution in [0.5, 0.6) is 0 Å². The van der Waals surface area contributed by atoms with Crippen LogP contribution in [0.1, 0.15) is 26.3 Å². The van der Waals surface area contributed by atoms with Gasteiger partial charge in [0.05, 0.1) is 12.2 Å². The Morgan fingerprint density at radius 1 is 1.40 bits per heavy atom. The lowest BCUT2D eigenvalue weighted by atomic mass is 9.88. The van der Waals surface area contributed by atoms with Gasteiger partial charge >= 0.3 is 0 Å². The summed E-state index contributed by atoms with van der Waals surface area (Å²) in [5.41, 5.74) is 6.32. The molecule has 0 amide bonds. The second-order valence-electron chi connectivity index (χ2n) is 6.50. The molecule has 1 atom stereocenters. The van der Waals surface area contributed by atoms with Crippen molar-refractivity contribution in [2.75, 3.05) is 26.2 Å². The van der Waals surface area contributed by atoms with E-state index in [9.17, 15) is 4.39 Å². The summed E-state index contributed by atoms with van der Waals surface area (Å²) in [5, 5.41) is 0. The minimum atomic E-state index is -0.247. The number of halogens is 1. The number of nitrogens with zero attached hydrogens (tertiary/aromatic N) is 1. The summed E-state index contributed by atoms with van der Waals surface area (Å²) in [6.07, 6.45) is 0.617. The lowest BCUT2D eigenvalue weighted by Gasteiger charge is -2.48. The fourth-order valence-corrected chi connectivity index (χ4v) is 2.84. The monoisotopic (exact) mass is 280 g/mol. The molecule has 1 unspecified atom stereocenters. The van der Waals surface area contributed by atoms with Crippen molar-refractivity contribution in [3.05, 3.63) is 35.6 Å². The Morgan fingerprint density at radius 3 is 2.70 bits per heavy atom. The van der Waals surface area contributed by atoms with Gasteiger partial charge in [0.2, 0.25) is 0 Å². The molecule has 1 aliphatic heterocycles. The molecule has 0 aromatic heterocycles. The van der Waals surface area contributed by atoms with Gasteiger partial charge in [-0.3, -0.25) is 4.90 Å². The number of benzene rings is 1. The molecule has 1 aromatic carbocycles. The first kappa shape index (κ1) is 15.4. The minimum absolute atomic E-state index is 0.153. The first-order valence-electron chi connectivity index (χ1n) is 7.19. The summed E-state index contributed by atoms with van der Waals surface area (Å²) < 4.78 is 19.6. The largest absolute Gasteiger partial charge is 0.373 e. The smallest absolute Gasteiger partial charge is 0.126 e. The number of morpholine rings is 1. The van der Waals surface area contributed by atoms with Crippen LogP contribution in [0.3, 0.4) is 0 Å². The van der Waals surface area contributed by atoms with Crippen LogP contribution in [-0.2, 0) is 11.2 Å². The third kappa shape index (κ3) is 3.37. The Kier molecular flexibility index (Phi) is 4.47. The first-order valence-corrected chi connectivity index (χ1v) is 7.19. The molecule has 1 aliphatic rings. The van der Waals surface area contributed by atoms with E-state index < -0.39 is 0 Å². The molecule has 0 spiro atoms. The van der Waals surface area contributed by atoms with Gasteiger partial charge in [0.15, 0.2) is 0 Å². The van der Waals surface area contributed by atoms with E-state index in [-0.39, 0.29) is 17.0 Å². The standard InChI is InChI=1S/C16H25FN2O/c1-15(2)12-19(8-9-20-15)16(3,11-18)10-13-6-4-5-7-14(13)17/h4-7H,8-12,18H2,1-3H3. The molecule has 0 aliphatic carbocycles. The predicted octanol–water partition coefficient (Wildman–Crippen LogP) is 2.20. The van der Waals surface area contributed by atoms with Gasteiger partial charge in [-0.05, 0) is 38.8 Å². The van der Waals surface area contributed by atoms with Crippen molar-refractivity contribution < 1.29 is 9.13 Å². The van der Waals surface area contributed by atoms with Gasteiger partial charge < -0.3 is 10.5 Å². The summed E-state index contributed by atoms with van der Waals surface area (Å²) in [4.78, 5) is 2.34. The maximum absolute atomic E-state index is 13.9. The number of hydrogen-bond donors (Lipinski definition) is 1. The van der Waals surface area contributed by atoms with Gasteiger partial charge in [-0.15, -0.1) is 0 Å². The highest BCUT2D eigenvalue weighted by Crippen LogP contribution is 2.27. The molecule has 1 heterocycles. The molecule has 2 N–H and O–H groups in total. The van der Waals surface area contributed by atoms with Crippen LogP contribution in [-0.4, -0.2) is 42.3 Å². The van der Waals surface area contributed by atoms with E-state index in [0.717, 1.165) is 18.7 Å². The molecule has 112 valence electrons. The summed E-state index contributed by atoms with van der Waals surface area (Å²) in [5.74, 6) is -0.153. The van der Waals surface area contributed by atoms with Gasteiger partial charge in [0.1, 0.15) is 5.82 Å². The zero-order valence-corrected chi connectivity index (χ0v) is 12.7. The molecule has 2 rings (SSSR count). The highest BCUT2D eigenvalue weighted by Gasteiger charge is 2.38. The maximum atomic E-state index is 13.9. The topological polar surface area (TPSA) is 38.5 Å². The van der Waals surface area contributed by atoms with E-state index >= 15 is 0 Å². The van der Waals surface area contributed by atoms with Gasteiger partial charge in [-0.1, -0.05) is 18.2 Å². The summed E-state index contributed by atoms with van der Waals surface area (Å²) >= 11 is 0. The SMILES string of the molecule is CC1(C)CN(C(C)(CN)Cc2ccccc2F)CCO1. The lowest BCUT2D eigenvalue weighted by Crippen LogP contribution is -2.61. The predicted molar refractivity (Wildman–Crippen MR) is 79.2 cm³/mol. The second kappa shape index (κ2) is 5.80. The Labute approximate surface area is 120 Å². The van der Waals surface area contributed by atoms with Gasteiger partial charge in [0.25, 0.3) is 0 Å². The molecule has 4 heteroatoms. The molecule has 1 aromatic rings. The van der Waals surface area contributed by atoms with Crippen LogP contribution in [0.2, 0.25) is 0 Å². The van der Waals surface area contributed by atoms with Crippen molar-refractivity contribution in [2.45, 2.75) is 38.3 Å². The average molecular weight is 280 g/mol. The van der Waals surface area contributed by atoms with Crippen LogP contribution in [0.15, 0.2) is 24.3 Å². The number of hydrogen-bond acceptors (Lipinski definition) is 3. The number of rotatable bonds is 4. The van der Waals surface area contributed by atoms with Crippen LogP contribution < -0.4 is 5.73 Å². The fraction of sp³-hybridized carbons (Fsp3) is 0.625. The molecule has 0 radical (unpaired) electrons. The van der Waals surface area contributed by atoms with Crippen LogP contribution in [0, 0.1) is 5.82 Å². The fourth-order valence-electron chi connectivity index (χ4n) is 2.84. The van der Waals surface area contributed by atoms with Crippen LogP contribution in [0.25, 0.3) is 0 Å². The quantitative estimate of drug-likeness (QED) is 0.919. The summed E-state index contributed by atoms with van der Waals surface area (Å²) in [6.45, 7) is 9.12. The van der Waals surface area contributed by atoms with E-state index in [1.165, 1.54) is 6.07 Å². The Balaban J connectivity index is 2.18. The Bertz CT molecular complexity index is 464. The Hall–Kier alpha value is -0.970. The average Bonchev–Trinajstić information content (AvgIpc) is 2.40. The van der Waals surface area contributed by atoms with Crippen molar-refractivity contribution >= 4 is 0 Å². The van der Waals surface area contributed by atoms with Crippen molar-refractivity contribution in [3.8, 4) is 0 Å². The van der Waals surface area contributed by atoms with E-state index in [0.29, 0.717) is 19.6 Å². The molecule has 1 saturated heterocycles. The van der Waals surface area contributed by atoms with E-state index in [4.69, 9.17) is 10.5 Å². The lowest BCUT2D eigenvalue weighted by molar-refractivity contribution is -0.112. The zero-order valence-electron chi connectivity index (χ0n) is 12.7. The summed E-state index contributed by atoms with van der Waals surface area (Å²) in [7, 11) is 0. The van der Waals surface area contributed by atoms with Gasteiger partial charge in [0, 0.05) is 25.2 Å². The third-order valence-electron chi connectivity index (χ3n) is 4.16. The molecule has 0 saturated carbocycles. The molecule has 3 nitrogen and oxygen atoms in total. The normalized spacial score (nSPS) is 22.4. The van der Waals surface area contributed by atoms with Crippen molar-refractivity contribution in [3.63, 3.8) is 0 Å². The second-order valence-corrected chi connectivity index (χ2v) is 6.50. The van der Waals surface area contributed by atoms with Crippen LogP contribution >= 0.6 is 0 Å². The third-order valence-corrected chi connectivity index (χ3v) is 4.16. The van der Waals surface area contributed by atoms with E-state index in [1.54, 1.807) is 6.07 Å². The van der Waals surface area contributed by atoms with E-state index in [2.05, 4.69) is 25.7 Å². The van der Waals surface area contributed by atoms with E-state index in [1.807, 2.05) is 12.1 Å². The van der Waals surface area contributed by atoms with Crippen molar-refractivity contribution in [1.29, 1.82) is 0 Å². The highest BCUT2D eigenvalue weighted by atomic mass is 19.1. The molecular weight excluding hydrogens is 255 g/mol. The van der Waals surface area contributed by atoms with Gasteiger partial charge in [-0.25, -0.2) is 4.39 Å². The minimum Gasteiger partial charge on any atom is -0.373 e.